The van der Waals surface area contributed by atoms with E-state index in [0.717, 1.165) is 5.56 Å². The molecule has 0 spiro atoms. The van der Waals surface area contributed by atoms with Crippen molar-refractivity contribution in [3.05, 3.63) is 28.8 Å². The summed E-state index contributed by atoms with van der Waals surface area (Å²) in [7, 11) is 0. The Morgan fingerprint density at radius 2 is 1.69 bits per heavy atom. The van der Waals surface area contributed by atoms with Crippen molar-refractivity contribution in [2.24, 2.45) is 5.41 Å². The molecule has 0 bridgehead atoms. The van der Waals surface area contributed by atoms with Gasteiger partial charge in [0, 0.05) is 55.3 Å². The predicted molar refractivity (Wildman–Crippen MR) is 115 cm³/mol. The van der Waals surface area contributed by atoms with Crippen molar-refractivity contribution >= 4 is 35.1 Å². The van der Waals surface area contributed by atoms with E-state index in [2.05, 4.69) is 10.6 Å². The van der Waals surface area contributed by atoms with Gasteiger partial charge < -0.3 is 20.4 Å². The second-order valence-corrected chi connectivity index (χ2v) is 8.78. The van der Waals surface area contributed by atoms with Crippen molar-refractivity contribution in [2.75, 3.05) is 38.0 Å². The molecule has 0 radical (unpaired) electrons. The van der Waals surface area contributed by atoms with Crippen LogP contribution < -0.4 is 10.6 Å². The smallest absolute Gasteiger partial charge is 0.321 e. The van der Waals surface area contributed by atoms with Crippen molar-refractivity contribution in [1.29, 1.82) is 0 Å². The van der Waals surface area contributed by atoms with Gasteiger partial charge in [-0.15, -0.1) is 0 Å². The van der Waals surface area contributed by atoms with Gasteiger partial charge in [0.2, 0.25) is 11.8 Å². The van der Waals surface area contributed by atoms with Crippen LogP contribution in [0.1, 0.15) is 39.2 Å². The number of carbonyl (C=O) groups excluding carboxylic acids is 3. The molecule has 1 aromatic rings. The van der Waals surface area contributed by atoms with E-state index >= 15 is 0 Å². The Morgan fingerprint density at radius 3 is 2.28 bits per heavy atom. The summed E-state index contributed by atoms with van der Waals surface area (Å²) in [4.78, 5) is 40.1. The highest BCUT2D eigenvalue weighted by molar-refractivity contribution is 6.31. The SMILES string of the molecule is Cc1ccc(NC(=O)N2CCN(C(=O)CCCNC(=O)C(C)(C)C)CC2)cc1Cl. The minimum atomic E-state index is -0.426. The molecular weight excluding hydrogens is 392 g/mol. The summed E-state index contributed by atoms with van der Waals surface area (Å²) in [5.41, 5.74) is 1.18. The largest absolute Gasteiger partial charge is 0.356 e. The minimum Gasteiger partial charge on any atom is -0.356 e. The molecule has 1 aliphatic rings. The molecule has 2 N–H and O–H groups in total. The summed E-state index contributed by atoms with van der Waals surface area (Å²) in [6.07, 6.45) is 0.994. The number of urea groups is 1. The molecule has 4 amide bonds. The molecule has 0 aromatic heterocycles. The Labute approximate surface area is 177 Å². The van der Waals surface area contributed by atoms with Crippen molar-refractivity contribution in [3.8, 4) is 0 Å². The van der Waals surface area contributed by atoms with Gasteiger partial charge in [0.25, 0.3) is 0 Å². The number of nitrogens with one attached hydrogen (secondary N) is 2. The summed E-state index contributed by atoms with van der Waals surface area (Å²) in [6.45, 7) is 9.95. The molecule has 1 aliphatic heterocycles. The molecule has 1 saturated heterocycles. The van der Waals surface area contributed by atoms with Crippen molar-refractivity contribution in [2.45, 2.75) is 40.5 Å². The van der Waals surface area contributed by atoms with E-state index in [4.69, 9.17) is 11.6 Å². The fraction of sp³-hybridized carbons (Fsp3) is 0.571. The Hall–Kier alpha value is -2.28. The minimum absolute atomic E-state index is 0.0144. The van der Waals surface area contributed by atoms with Crippen LogP contribution in [0.2, 0.25) is 5.02 Å². The fourth-order valence-electron chi connectivity index (χ4n) is 2.90. The Kier molecular flexibility index (Phi) is 7.90. The Bertz CT molecular complexity index is 753. The van der Waals surface area contributed by atoms with E-state index in [0.29, 0.717) is 56.3 Å². The van der Waals surface area contributed by atoms with E-state index in [1.807, 2.05) is 39.8 Å². The molecule has 2 rings (SSSR count). The van der Waals surface area contributed by atoms with Crippen LogP contribution in [0.25, 0.3) is 0 Å². The Balaban J connectivity index is 1.71. The van der Waals surface area contributed by atoms with Gasteiger partial charge in [0.1, 0.15) is 0 Å². The van der Waals surface area contributed by atoms with Crippen LogP contribution in [-0.4, -0.2) is 60.4 Å². The summed E-state index contributed by atoms with van der Waals surface area (Å²) >= 11 is 6.10. The summed E-state index contributed by atoms with van der Waals surface area (Å²) in [5, 5.41) is 6.31. The number of hydrogen-bond acceptors (Lipinski definition) is 3. The second kappa shape index (κ2) is 9.96. The zero-order valence-electron chi connectivity index (χ0n) is 17.7. The quantitative estimate of drug-likeness (QED) is 0.714. The lowest BCUT2D eigenvalue weighted by atomic mass is 9.96. The molecule has 0 atom stereocenters. The Morgan fingerprint density at radius 1 is 1.07 bits per heavy atom. The number of amides is 4. The van der Waals surface area contributed by atoms with E-state index in [-0.39, 0.29) is 17.8 Å². The molecule has 1 aromatic carbocycles. The number of piperazine rings is 1. The maximum atomic E-state index is 12.4. The first-order valence-electron chi connectivity index (χ1n) is 9.96. The summed E-state index contributed by atoms with van der Waals surface area (Å²) in [5.74, 6) is 0.0415. The fourth-order valence-corrected chi connectivity index (χ4v) is 3.08. The van der Waals surface area contributed by atoms with Gasteiger partial charge in [-0.1, -0.05) is 38.4 Å². The van der Waals surface area contributed by atoms with Crippen LogP contribution in [0.3, 0.4) is 0 Å². The normalized spacial score (nSPS) is 14.5. The predicted octanol–water partition coefficient (Wildman–Crippen LogP) is 3.27. The van der Waals surface area contributed by atoms with Crippen LogP contribution in [0.15, 0.2) is 18.2 Å². The number of anilines is 1. The zero-order chi connectivity index (χ0) is 21.6. The van der Waals surface area contributed by atoms with E-state index < -0.39 is 5.41 Å². The van der Waals surface area contributed by atoms with Crippen LogP contribution in [0.5, 0.6) is 0 Å². The van der Waals surface area contributed by atoms with Crippen molar-refractivity contribution in [1.82, 2.24) is 15.1 Å². The number of benzene rings is 1. The standard InChI is InChI=1S/C21H31ClN4O3/c1-15-7-8-16(14-17(15)22)24-20(29)26-12-10-25(11-13-26)18(27)6-5-9-23-19(28)21(2,3)4/h7-8,14H,5-6,9-13H2,1-4H3,(H,23,28)(H,24,29). The highest BCUT2D eigenvalue weighted by Gasteiger charge is 2.24. The first-order valence-corrected chi connectivity index (χ1v) is 10.3. The maximum Gasteiger partial charge on any atom is 0.321 e. The molecule has 0 aliphatic carbocycles. The first-order chi connectivity index (χ1) is 13.6. The maximum absolute atomic E-state index is 12.4. The first kappa shape index (κ1) is 23.0. The molecule has 8 heteroatoms. The number of hydrogen-bond donors (Lipinski definition) is 2. The molecule has 160 valence electrons. The van der Waals surface area contributed by atoms with Gasteiger partial charge in [-0.05, 0) is 31.0 Å². The topological polar surface area (TPSA) is 81.8 Å². The highest BCUT2D eigenvalue weighted by Crippen LogP contribution is 2.20. The van der Waals surface area contributed by atoms with E-state index in [1.165, 1.54) is 0 Å². The second-order valence-electron chi connectivity index (χ2n) is 8.37. The average Bonchev–Trinajstić information content (AvgIpc) is 2.67. The lowest BCUT2D eigenvalue weighted by Crippen LogP contribution is -2.51. The number of aryl methyl sites for hydroxylation is 1. The van der Waals surface area contributed by atoms with Gasteiger partial charge >= 0.3 is 6.03 Å². The molecule has 0 unspecified atom stereocenters. The summed E-state index contributed by atoms with van der Waals surface area (Å²) < 4.78 is 0. The molecule has 29 heavy (non-hydrogen) atoms. The monoisotopic (exact) mass is 422 g/mol. The van der Waals surface area contributed by atoms with E-state index in [1.54, 1.807) is 15.9 Å². The third-order valence-corrected chi connectivity index (χ3v) is 5.28. The van der Waals surface area contributed by atoms with Crippen molar-refractivity contribution in [3.63, 3.8) is 0 Å². The van der Waals surface area contributed by atoms with Crippen LogP contribution in [0.4, 0.5) is 10.5 Å². The average molecular weight is 423 g/mol. The van der Waals surface area contributed by atoms with Gasteiger partial charge in [0.15, 0.2) is 0 Å². The number of halogens is 1. The van der Waals surface area contributed by atoms with Crippen molar-refractivity contribution < 1.29 is 14.4 Å². The lowest BCUT2D eigenvalue weighted by molar-refractivity contribution is -0.133. The van der Waals surface area contributed by atoms with E-state index in [9.17, 15) is 14.4 Å². The number of nitrogens with zero attached hydrogens (tertiary/aromatic N) is 2. The van der Waals surface area contributed by atoms with Gasteiger partial charge in [-0.3, -0.25) is 9.59 Å². The van der Waals surface area contributed by atoms with Gasteiger partial charge in [0.05, 0.1) is 0 Å². The molecule has 7 nitrogen and oxygen atoms in total. The summed E-state index contributed by atoms with van der Waals surface area (Å²) in [6, 6.07) is 5.21. The lowest BCUT2D eigenvalue weighted by Gasteiger charge is -2.34. The highest BCUT2D eigenvalue weighted by atomic mass is 35.5. The third kappa shape index (κ3) is 6.92. The van der Waals surface area contributed by atoms with Crippen LogP contribution >= 0.6 is 11.6 Å². The molecule has 0 saturated carbocycles. The zero-order valence-corrected chi connectivity index (χ0v) is 18.4. The third-order valence-electron chi connectivity index (χ3n) is 4.88. The van der Waals surface area contributed by atoms with Gasteiger partial charge in [-0.2, -0.15) is 0 Å². The van der Waals surface area contributed by atoms with Gasteiger partial charge in [-0.25, -0.2) is 4.79 Å². The van der Waals surface area contributed by atoms with Crippen LogP contribution in [0, 0.1) is 12.3 Å². The molecular formula is C21H31ClN4O3. The van der Waals surface area contributed by atoms with Crippen LogP contribution in [-0.2, 0) is 9.59 Å². The number of rotatable bonds is 5. The molecule has 1 heterocycles. The molecule has 1 fully saturated rings. The number of carbonyl (C=O) groups is 3.